The maximum absolute atomic E-state index is 12.4. The van der Waals surface area contributed by atoms with E-state index in [1.165, 1.54) is 11.3 Å². The molecule has 1 saturated carbocycles. The summed E-state index contributed by atoms with van der Waals surface area (Å²) in [6, 6.07) is 0. The van der Waals surface area contributed by atoms with E-state index in [9.17, 15) is 4.79 Å². The number of nitrogens with zero attached hydrogens (tertiary/aromatic N) is 1. The summed E-state index contributed by atoms with van der Waals surface area (Å²) in [6.07, 6.45) is 6.39. The van der Waals surface area contributed by atoms with Crippen LogP contribution in [-0.4, -0.2) is 15.9 Å². The van der Waals surface area contributed by atoms with Crippen molar-refractivity contribution >= 4 is 39.6 Å². The van der Waals surface area contributed by atoms with Gasteiger partial charge in [0, 0.05) is 11.1 Å². The number of carbonyl (C=O) groups is 1. The zero-order chi connectivity index (χ0) is 13.2. The quantitative estimate of drug-likeness (QED) is 0.837. The van der Waals surface area contributed by atoms with E-state index >= 15 is 0 Å². The number of amides is 1. The van der Waals surface area contributed by atoms with Crippen LogP contribution in [0.3, 0.4) is 0 Å². The minimum absolute atomic E-state index is 0.0935. The van der Waals surface area contributed by atoms with Crippen LogP contribution in [0, 0.1) is 12.3 Å². The van der Waals surface area contributed by atoms with E-state index in [1.807, 2.05) is 6.92 Å². The first-order chi connectivity index (χ1) is 8.54. The Balaban J connectivity index is 2.16. The molecule has 0 spiro atoms. The Morgan fingerprint density at radius 1 is 1.50 bits per heavy atom. The maximum atomic E-state index is 12.4. The van der Waals surface area contributed by atoms with Crippen molar-refractivity contribution in [1.29, 1.82) is 0 Å². The monoisotopic (exact) mass is 283 g/mol. The molecular weight excluding hydrogens is 266 g/mol. The molecule has 0 saturated heterocycles. The van der Waals surface area contributed by atoms with Crippen LogP contribution in [0.25, 0.3) is 0 Å². The van der Waals surface area contributed by atoms with E-state index in [1.54, 1.807) is 6.20 Å². The van der Waals surface area contributed by atoms with Gasteiger partial charge in [-0.2, -0.15) is 0 Å². The van der Waals surface area contributed by atoms with Gasteiger partial charge in [-0.05, 0) is 19.8 Å². The molecule has 1 aliphatic rings. The molecule has 0 atom stereocenters. The molecule has 1 aliphatic carbocycles. The lowest BCUT2D eigenvalue weighted by atomic mass is 9.73. The zero-order valence-corrected chi connectivity index (χ0v) is 12.0. The fourth-order valence-electron chi connectivity index (χ4n) is 2.37. The number of hydrogen-bond donors (Lipinski definition) is 2. The molecule has 3 N–H and O–H groups in total. The first-order valence-electron chi connectivity index (χ1n) is 6.08. The number of thiocarbonyl (C=S) groups is 1. The first-order valence-corrected chi connectivity index (χ1v) is 7.31. The van der Waals surface area contributed by atoms with Gasteiger partial charge in [0.05, 0.1) is 10.4 Å². The lowest BCUT2D eigenvalue weighted by Gasteiger charge is -2.34. The highest BCUT2D eigenvalue weighted by atomic mass is 32.1. The minimum atomic E-state index is -0.673. The predicted octanol–water partition coefficient (Wildman–Crippen LogP) is 2.63. The first kappa shape index (κ1) is 13.4. The second-order valence-corrected chi connectivity index (χ2v) is 6.41. The summed E-state index contributed by atoms with van der Waals surface area (Å²) < 4.78 is 0. The maximum Gasteiger partial charge on any atom is 0.239 e. The molecule has 1 aromatic rings. The molecule has 0 radical (unpaired) electrons. The summed E-state index contributed by atoms with van der Waals surface area (Å²) in [4.78, 5) is 18.0. The number of aromatic nitrogens is 1. The second-order valence-electron chi connectivity index (χ2n) is 4.74. The van der Waals surface area contributed by atoms with E-state index in [4.69, 9.17) is 18.0 Å². The fraction of sp³-hybridized carbons (Fsp3) is 0.583. The zero-order valence-electron chi connectivity index (χ0n) is 10.4. The van der Waals surface area contributed by atoms with Crippen LogP contribution in [0.15, 0.2) is 6.20 Å². The Morgan fingerprint density at radius 2 is 2.17 bits per heavy atom. The van der Waals surface area contributed by atoms with Crippen molar-refractivity contribution in [3.8, 4) is 0 Å². The number of anilines is 1. The molecule has 98 valence electrons. The van der Waals surface area contributed by atoms with Crippen molar-refractivity contribution in [2.24, 2.45) is 11.1 Å². The Kier molecular flexibility index (Phi) is 3.97. The van der Waals surface area contributed by atoms with Crippen LogP contribution in [0.5, 0.6) is 0 Å². The third kappa shape index (κ3) is 2.54. The normalized spacial score (nSPS) is 18.3. The van der Waals surface area contributed by atoms with Gasteiger partial charge in [0.1, 0.15) is 0 Å². The molecule has 6 heteroatoms. The Morgan fingerprint density at radius 3 is 2.67 bits per heavy atom. The average molecular weight is 283 g/mol. The molecule has 0 unspecified atom stereocenters. The number of carbonyl (C=O) groups excluding carboxylic acids is 1. The van der Waals surface area contributed by atoms with E-state index < -0.39 is 5.41 Å². The number of hydrogen-bond acceptors (Lipinski definition) is 4. The van der Waals surface area contributed by atoms with Crippen molar-refractivity contribution in [3.05, 3.63) is 11.1 Å². The van der Waals surface area contributed by atoms with Crippen LogP contribution in [0.4, 0.5) is 5.13 Å². The SMILES string of the molecule is Cc1cnc(NC(=O)C2(C(N)=S)CCCCC2)s1. The number of thiazole rings is 1. The fourth-order valence-corrected chi connectivity index (χ4v) is 3.33. The minimum Gasteiger partial charge on any atom is -0.392 e. The third-order valence-electron chi connectivity index (χ3n) is 3.46. The van der Waals surface area contributed by atoms with Crippen molar-refractivity contribution in [3.63, 3.8) is 0 Å². The van der Waals surface area contributed by atoms with Crippen molar-refractivity contribution in [2.45, 2.75) is 39.0 Å². The molecule has 18 heavy (non-hydrogen) atoms. The number of nitrogens with two attached hydrogens (primary N) is 1. The smallest absolute Gasteiger partial charge is 0.239 e. The highest BCUT2D eigenvalue weighted by Crippen LogP contribution is 2.38. The van der Waals surface area contributed by atoms with Crippen LogP contribution in [-0.2, 0) is 4.79 Å². The predicted molar refractivity (Wildman–Crippen MR) is 77.8 cm³/mol. The largest absolute Gasteiger partial charge is 0.392 e. The molecule has 0 aliphatic heterocycles. The van der Waals surface area contributed by atoms with Crippen molar-refractivity contribution in [2.75, 3.05) is 5.32 Å². The molecule has 1 amide bonds. The lowest BCUT2D eigenvalue weighted by molar-refractivity contribution is -0.123. The van der Waals surface area contributed by atoms with Gasteiger partial charge < -0.3 is 11.1 Å². The standard InChI is InChI=1S/C12H17N3OS2/c1-8-7-14-11(18-8)15-10(16)12(9(13)17)5-3-2-4-6-12/h7H,2-6H2,1H3,(H2,13,17)(H,14,15,16). The van der Waals surface area contributed by atoms with Gasteiger partial charge in [-0.1, -0.05) is 31.5 Å². The number of rotatable bonds is 3. The van der Waals surface area contributed by atoms with Gasteiger partial charge in [-0.15, -0.1) is 11.3 Å². The van der Waals surface area contributed by atoms with E-state index in [0.717, 1.165) is 37.0 Å². The van der Waals surface area contributed by atoms with Crippen LogP contribution >= 0.6 is 23.6 Å². The molecule has 2 rings (SSSR count). The summed E-state index contributed by atoms with van der Waals surface area (Å²) >= 11 is 6.59. The van der Waals surface area contributed by atoms with E-state index in [-0.39, 0.29) is 5.91 Å². The summed E-state index contributed by atoms with van der Waals surface area (Å²) in [6.45, 7) is 1.96. The van der Waals surface area contributed by atoms with Gasteiger partial charge in [-0.3, -0.25) is 4.79 Å². The Bertz CT molecular complexity index is 464. The topological polar surface area (TPSA) is 68.0 Å². The number of aryl methyl sites for hydroxylation is 1. The third-order valence-corrected chi connectivity index (χ3v) is 4.67. The lowest BCUT2D eigenvalue weighted by Crippen LogP contribution is -2.47. The Hall–Kier alpha value is -1.01. The highest BCUT2D eigenvalue weighted by molar-refractivity contribution is 7.80. The van der Waals surface area contributed by atoms with E-state index in [0.29, 0.717) is 10.1 Å². The van der Waals surface area contributed by atoms with Gasteiger partial charge >= 0.3 is 0 Å². The van der Waals surface area contributed by atoms with Crippen molar-refractivity contribution in [1.82, 2.24) is 4.98 Å². The second kappa shape index (κ2) is 5.32. The summed E-state index contributed by atoms with van der Waals surface area (Å²) in [5, 5.41) is 3.48. The summed E-state index contributed by atoms with van der Waals surface area (Å²) in [5.41, 5.74) is 5.14. The van der Waals surface area contributed by atoms with Crippen molar-refractivity contribution < 1.29 is 4.79 Å². The molecular formula is C12H17N3OS2. The summed E-state index contributed by atoms with van der Waals surface area (Å²) in [7, 11) is 0. The molecule has 1 aromatic heterocycles. The molecule has 4 nitrogen and oxygen atoms in total. The summed E-state index contributed by atoms with van der Waals surface area (Å²) in [5.74, 6) is -0.0935. The van der Waals surface area contributed by atoms with Gasteiger partial charge in [0.15, 0.2) is 5.13 Å². The van der Waals surface area contributed by atoms with Gasteiger partial charge in [0.25, 0.3) is 0 Å². The molecule has 0 aromatic carbocycles. The van der Waals surface area contributed by atoms with Gasteiger partial charge in [-0.25, -0.2) is 4.98 Å². The highest BCUT2D eigenvalue weighted by Gasteiger charge is 2.42. The average Bonchev–Trinajstić information content (AvgIpc) is 2.75. The molecule has 0 bridgehead atoms. The molecule has 1 heterocycles. The van der Waals surface area contributed by atoms with Crippen LogP contribution in [0.2, 0.25) is 0 Å². The van der Waals surface area contributed by atoms with Crippen LogP contribution in [0.1, 0.15) is 37.0 Å². The van der Waals surface area contributed by atoms with Gasteiger partial charge in [0.2, 0.25) is 5.91 Å². The van der Waals surface area contributed by atoms with E-state index in [2.05, 4.69) is 10.3 Å². The Labute approximate surface area is 116 Å². The van der Waals surface area contributed by atoms with Crippen LogP contribution < -0.4 is 11.1 Å². The molecule has 1 fully saturated rings. The number of nitrogens with one attached hydrogen (secondary N) is 1.